The summed E-state index contributed by atoms with van der Waals surface area (Å²) in [5, 5.41) is 8.17. The number of hydrogen-bond donors (Lipinski definition) is 1. The van der Waals surface area contributed by atoms with E-state index in [1.165, 1.54) is 11.6 Å². The first-order valence-electron chi connectivity index (χ1n) is 7.03. The van der Waals surface area contributed by atoms with Gasteiger partial charge in [0.05, 0.1) is 5.69 Å². The smallest absolute Gasteiger partial charge is 0.127 e. The van der Waals surface area contributed by atoms with Gasteiger partial charge in [0.15, 0.2) is 0 Å². The maximum Gasteiger partial charge on any atom is 0.127 e. The van der Waals surface area contributed by atoms with E-state index < -0.39 is 0 Å². The molecule has 3 nitrogen and oxygen atoms in total. The van der Waals surface area contributed by atoms with Gasteiger partial charge in [-0.05, 0) is 51.4 Å². The first kappa shape index (κ1) is 16.0. The topological polar surface area (TPSA) is 29.9 Å². The molecule has 0 saturated heterocycles. The van der Waals surface area contributed by atoms with Crippen LogP contribution >= 0.6 is 11.6 Å². The Hall–Kier alpha value is -1.39. The van der Waals surface area contributed by atoms with Gasteiger partial charge in [-0.15, -0.1) is 0 Å². The van der Waals surface area contributed by atoms with E-state index in [-0.39, 0.29) is 11.9 Å². The third-order valence-electron chi connectivity index (χ3n) is 4.03. The van der Waals surface area contributed by atoms with Gasteiger partial charge in [-0.25, -0.2) is 4.39 Å². The Morgan fingerprint density at radius 3 is 2.48 bits per heavy atom. The molecule has 0 spiro atoms. The van der Waals surface area contributed by atoms with Crippen LogP contribution in [0.5, 0.6) is 0 Å². The van der Waals surface area contributed by atoms with Gasteiger partial charge in [0.1, 0.15) is 5.82 Å². The lowest BCUT2D eigenvalue weighted by Gasteiger charge is -2.18. The number of nitrogens with zero attached hydrogens (tertiary/aromatic N) is 2. The van der Waals surface area contributed by atoms with Crippen LogP contribution in [0.2, 0.25) is 5.02 Å². The highest BCUT2D eigenvalue weighted by atomic mass is 35.5. The van der Waals surface area contributed by atoms with Crippen LogP contribution in [-0.2, 0) is 19.9 Å². The van der Waals surface area contributed by atoms with E-state index >= 15 is 0 Å². The van der Waals surface area contributed by atoms with E-state index in [0.717, 1.165) is 17.8 Å². The number of rotatable bonds is 5. The zero-order valence-corrected chi connectivity index (χ0v) is 13.6. The monoisotopic (exact) mass is 309 g/mol. The van der Waals surface area contributed by atoms with Gasteiger partial charge >= 0.3 is 0 Å². The third kappa shape index (κ3) is 3.44. The van der Waals surface area contributed by atoms with E-state index in [0.29, 0.717) is 17.0 Å². The van der Waals surface area contributed by atoms with Crippen molar-refractivity contribution < 1.29 is 4.39 Å². The molecule has 2 rings (SSSR count). The first-order chi connectivity index (χ1) is 9.93. The summed E-state index contributed by atoms with van der Waals surface area (Å²) in [6.45, 7) is 4.06. The Morgan fingerprint density at radius 2 is 1.95 bits per heavy atom. The minimum atomic E-state index is -0.248. The minimum absolute atomic E-state index is 0.112. The number of likely N-dealkylation sites (N-methyl/N-ethyl adjacent to an activating group) is 1. The Labute approximate surface area is 130 Å². The molecule has 1 N–H and O–H groups in total. The zero-order valence-electron chi connectivity index (χ0n) is 12.9. The van der Waals surface area contributed by atoms with Crippen molar-refractivity contribution in [3.05, 3.63) is 51.6 Å². The van der Waals surface area contributed by atoms with E-state index in [1.54, 1.807) is 12.1 Å². The van der Waals surface area contributed by atoms with Gasteiger partial charge < -0.3 is 5.32 Å². The molecule has 0 radical (unpaired) electrons. The molecule has 2 aromatic rings. The Kier molecular flexibility index (Phi) is 5.01. The highest BCUT2D eigenvalue weighted by molar-refractivity contribution is 6.31. The summed E-state index contributed by atoms with van der Waals surface area (Å²) in [6, 6.07) is 4.92. The summed E-state index contributed by atoms with van der Waals surface area (Å²) in [7, 11) is 3.83. The van der Waals surface area contributed by atoms with Crippen LogP contribution in [0.15, 0.2) is 18.2 Å². The number of halogens is 2. The highest BCUT2D eigenvalue weighted by Crippen LogP contribution is 2.22. The lowest BCUT2D eigenvalue weighted by Crippen LogP contribution is -2.30. The summed E-state index contributed by atoms with van der Waals surface area (Å²) in [4.78, 5) is 0. The summed E-state index contributed by atoms with van der Waals surface area (Å²) in [6.07, 6.45) is 1.35. The highest BCUT2D eigenvalue weighted by Gasteiger charge is 2.18. The molecular formula is C16H21ClFN3. The number of nitrogens with one attached hydrogen (secondary N) is 1. The molecule has 0 aliphatic heterocycles. The molecule has 0 amide bonds. The van der Waals surface area contributed by atoms with Gasteiger partial charge in [-0.3, -0.25) is 4.68 Å². The predicted octanol–water partition coefficient (Wildman–Crippen LogP) is 3.20. The van der Waals surface area contributed by atoms with Crippen molar-refractivity contribution in [3.63, 3.8) is 0 Å². The normalized spacial score (nSPS) is 12.7. The maximum absolute atomic E-state index is 13.9. The average molecular weight is 310 g/mol. The molecule has 1 aromatic carbocycles. The molecule has 0 saturated carbocycles. The Balaban J connectivity index is 2.21. The predicted molar refractivity (Wildman–Crippen MR) is 84.3 cm³/mol. The fraction of sp³-hybridized carbons (Fsp3) is 0.438. The lowest BCUT2D eigenvalue weighted by molar-refractivity contribution is 0.530. The molecule has 0 aliphatic carbocycles. The molecule has 114 valence electrons. The average Bonchev–Trinajstić information content (AvgIpc) is 2.67. The van der Waals surface area contributed by atoms with E-state index in [4.69, 9.17) is 11.6 Å². The Bertz CT molecular complexity index is 616. The van der Waals surface area contributed by atoms with Crippen molar-refractivity contribution in [2.24, 2.45) is 7.05 Å². The number of aromatic nitrogens is 2. The van der Waals surface area contributed by atoms with Crippen LogP contribution in [0.25, 0.3) is 0 Å². The summed E-state index contributed by atoms with van der Waals surface area (Å²) < 4.78 is 15.8. The summed E-state index contributed by atoms with van der Waals surface area (Å²) >= 11 is 6.12. The van der Waals surface area contributed by atoms with Gasteiger partial charge in [0.2, 0.25) is 0 Å². The van der Waals surface area contributed by atoms with Crippen LogP contribution in [0.1, 0.15) is 22.5 Å². The SMILES string of the molecule is CNC(Cc1c(F)cccc1Cl)Cc1c(C)nn(C)c1C. The van der Waals surface area contributed by atoms with Gasteiger partial charge in [0, 0.05) is 29.4 Å². The summed E-state index contributed by atoms with van der Waals surface area (Å²) in [5.74, 6) is -0.248. The van der Waals surface area contributed by atoms with E-state index in [1.807, 2.05) is 25.7 Å². The largest absolute Gasteiger partial charge is 0.316 e. The molecule has 1 heterocycles. The second-order valence-corrected chi connectivity index (χ2v) is 5.77. The molecule has 1 aromatic heterocycles. The van der Waals surface area contributed by atoms with Crippen molar-refractivity contribution in [2.75, 3.05) is 7.05 Å². The van der Waals surface area contributed by atoms with Crippen molar-refractivity contribution in [3.8, 4) is 0 Å². The molecule has 1 atom stereocenters. The van der Waals surface area contributed by atoms with Crippen LogP contribution < -0.4 is 5.32 Å². The van der Waals surface area contributed by atoms with Crippen molar-refractivity contribution in [2.45, 2.75) is 32.7 Å². The van der Waals surface area contributed by atoms with E-state index in [2.05, 4.69) is 17.3 Å². The first-order valence-corrected chi connectivity index (χ1v) is 7.41. The number of benzene rings is 1. The van der Waals surface area contributed by atoms with Crippen LogP contribution in [-0.4, -0.2) is 22.9 Å². The fourth-order valence-electron chi connectivity index (χ4n) is 2.61. The quantitative estimate of drug-likeness (QED) is 0.919. The molecule has 5 heteroatoms. The molecule has 0 fully saturated rings. The Morgan fingerprint density at radius 1 is 1.29 bits per heavy atom. The van der Waals surface area contributed by atoms with Crippen molar-refractivity contribution in [1.82, 2.24) is 15.1 Å². The third-order valence-corrected chi connectivity index (χ3v) is 4.38. The maximum atomic E-state index is 13.9. The molecule has 0 bridgehead atoms. The summed E-state index contributed by atoms with van der Waals surface area (Å²) in [5.41, 5.74) is 3.95. The second-order valence-electron chi connectivity index (χ2n) is 5.37. The number of aryl methyl sites for hydroxylation is 2. The van der Waals surface area contributed by atoms with Gasteiger partial charge in [0.25, 0.3) is 0 Å². The van der Waals surface area contributed by atoms with E-state index in [9.17, 15) is 4.39 Å². The molecule has 0 aliphatic rings. The van der Waals surface area contributed by atoms with Crippen molar-refractivity contribution in [1.29, 1.82) is 0 Å². The van der Waals surface area contributed by atoms with Gasteiger partial charge in [-0.2, -0.15) is 5.10 Å². The van der Waals surface area contributed by atoms with Gasteiger partial charge in [-0.1, -0.05) is 17.7 Å². The zero-order chi connectivity index (χ0) is 15.6. The second kappa shape index (κ2) is 6.58. The minimum Gasteiger partial charge on any atom is -0.316 e. The lowest BCUT2D eigenvalue weighted by atomic mass is 9.97. The standard InChI is InChI=1S/C16H21ClFN3/c1-10-13(11(2)21(4)20-10)8-12(19-3)9-14-15(17)6-5-7-16(14)18/h5-7,12,19H,8-9H2,1-4H3. The van der Waals surface area contributed by atoms with Crippen LogP contribution in [0.3, 0.4) is 0 Å². The molecule has 21 heavy (non-hydrogen) atoms. The molecular weight excluding hydrogens is 289 g/mol. The van der Waals surface area contributed by atoms with Crippen molar-refractivity contribution >= 4 is 11.6 Å². The van der Waals surface area contributed by atoms with Crippen LogP contribution in [0.4, 0.5) is 4.39 Å². The number of hydrogen-bond acceptors (Lipinski definition) is 2. The molecule has 1 unspecified atom stereocenters. The van der Waals surface area contributed by atoms with Crippen LogP contribution in [0, 0.1) is 19.7 Å². The fourth-order valence-corrected chi connectivity index (χ4v) is 2.85.